The molecule has 35 heavy (non-hydrogen) atoms. The zero-order chi connectivity index (χ0) is 24.6. The molecule has 9 heteroatoms. The van der Waals surface area contributed by atoms with Gasteiger partial charge in [0.25, 0.3) is 5.91 Å². The van der Waals surface area contributed by atoms with Crippen LogP contribution in [0.4, 0.5) is 0 Å². The summed E-state index contributed by atoms with van der Waals surface area (Å²) in [5.74, 6) is 1.82. The van der Waals surface area contributed by atoms with E-state index in [2.05, 4.69) is 27.8 Å². The molecule has 0 bridgehead atoms. The molecule has 1 fully saturated rings. The fraction of sp³-hybridized carbons (Fsp3) is 0.385. The second-order valence-corrected chi connectivity index (χ2v) is 9.65. The van der Waals surface area contributed by atoms with Crippen molar-refractivity contribution in [3.8, 4) is 11.4 Å². The highest BCUT2D eigenvalue weighted by Gasteiger charge is 2.23. The molecule has 0 unspecified atom stereocenters. The summed E-state index contributed by atoms with van der Waals surface area (Å²) in [5.41, 5.74) is 1.40. The maximum Gasteiger partial charge on any atom is 0.251 e. The van der Waals surface area contributed by atoms with E-state index in [9.17, 15) is 9.59 Å². The molecule has 2 N–H and O–H groups in total. The zero-order valence-electron chi connectivity index (χ0n) is 20.1. The zero-order valence-corrected chi connectivity index (χ0v) is 20.9. The van der Waals surface area contributed by atoms with Gasteiger partial charge in [-0.05, 0) is 55.2 Å². The first-order chi connectivity index (χ1) is 17.0. The van der Waals surface area contributed by atoms with Crippen LogP contribution in [-0.4, -0.2) is 45.5 Å². The number of aromatic nitrogens is 3. The van der Waals surface area contributed by atoms with Crippen molar-refractivity contribution in [3.63, 3.8) is 0 Å². The van der Waals surface area contributed by atoms with Crippen LogP contribution in [0.15, 0.2) is 59.8 Å². The van der Waals surface area contributed by atoms with Gasteiger partial charge >= 0.3 is 0 Å². The Morgan fingerprint density at radius 1 is 1.06 bits per heavy atom. The maximum absolute atomic E-state index is 12.6. The van der Waals surface area contributed by atoms with E-state index >= 15 is 0 Å². The fourth-order valence-corrected chi connectivity index (χ4v) is 5.04. The van der Waals surface area contributed by atoms with E-state index in [0.29, 0.717) is 28.2 Å². The lowest BCUT2D eigenvalue weighted by Crippen LogP contribution is -2.41. The van der Waals surface area contributed by atoms with Crippen LogP contribution in [-0.2, 0) is 11.3 Å². The number of rotatable bonds is 9. The van der Waals surface area contributed by atoms with Gasteiger partial charge < -0.3 is 15.4 Å². The molecule has 1 aromatic heterocycles. The third kappa shape index (κ3) is 6.42. The third-order valence-corrected chi connectivity index (χ3v) is 7.19. The Morgan fingerprint density at radius 2 is 1.80 bits per heavy atom. The Hall–Kier alpha value is -3.33. The highest BCUT2D eigenvalue weighted by atomic mass is 32.2. The molecule has 0 radical (unpaired) electrons. The summed E-state index contributed by atoms with van der Waals surface area (Å²) < 4.78 is 7.03. The average molecular weight is 494 g/mol. The first-order valence-electron chi connectivity index (χ1n) is 11.9. The van der Waals surface area contributed by atoms with Gasteiger partial charge in [-0.2, -0.15) is 0 Å². The van der Waals surface area contributed by atoms with Gasteiger partial charge in [-0.15, -0.1) is 10.2 Å². The van der Waals surface area contributed by atoms with Gasteiger partial charge in [-0.3, -0.25) is 14.2 Å². The van der Waals surface area contributed by atoms with E-state index < -0.39 is 0 Å². The molecular formula is C26H31N5O3S. The van der Waals surface area contributed by atoms with E-state index in [4.69, 9.17) is 4.74 Å². The summed E-state index contributed by atoms with van der Waals surface area (Å²) >= 11 is 1.35. The number of para-hydroxylation sites is 1. The smallest absolute Gasteiger partial charge is 0.251 e. The van der Waals surface area contributed by atoms with Gasteiger partial charge in [0.2, 0.25) is 5.91 Å². The third-order valence-electron chi connectivity index (χ3n) is 6.26. The predicted molar refractivity (Wildman–Crippen MR) is 136 cm³/mol. The number of hydrogen-bond donors (Lipinski definition) is 2. The van der Waals surface area contributed by atoms with Gasteiger partial charge in [0.15, 0.2) is 11.0 Å². The fourth-order valence-electron chi connectivity index (χ4n) is 4.26. The molecule has 0 spiro atoms. The van der Waals surface area contributed by atoms with Crippen LogP contribution in [0.2, 0.25) is 0 Å². The first-order valence-corrected chi connectivity index (χ1v) is 12.9. The highest BCUT2D eigenvalue weighted by Crippen LogP contribution is 2.25. The van der Waals surface area contributed by atoms with Gasteiger partial charge in [0.05, 0.1) is 19.4 Å². The maximum atomic E-state index is 12.6. The van der Waals surface area contributed by atoms with E-state index in [1.807, 2.05) is 34.9 Å². The van der Waals surface area contributed by atoms with Crippen LogP contribution in [0, 0.1) is 5.92 Å². The average Bonchev–Trinajstić information content (AvgIpc) is 3.30. The quantitative estimate of drug-likeness (QED) is 0.438. The van der Waals surface area contributed by atoms with Crippen molar-refractivity contribution in [2.75, 3.05) is 12.9 Å². The molecule has 184 valence electrons. The Kier molecular flexibility index (Phi) is 8.41. The van der Waals surface area contributed by atoms with Crippen LogP contribution < -0.4 is 15.4 Å². The van der Waals surface area contributed by atoms with Crippen LogP contribution >= 0.6 is 11.8 Å². The molecule has 2 atom stereocenters. The van der Waals surface area contributed by atoms with Gasteiger partial charge in [0.1, 0.15) is 5.75 Å². The van der Waals surface area contributed by atoms with E-state index in [1.54, 1.807) is 31.4 Å². The van der Waals surface area contributed by atoms with Crippen molar-refractivity contribution in [2.45, 2.75) is 50.4 Å². The summed E-state index contributed by atoms with van der Waals surface area (Å²) in [5, 5.41) is 15.3. The minimum atomic E-state index is -0.217. The van der Waals surface area contributed by atoms with Crippen molar-refractivity contribution in [1.29, 1.82) is 0 Å². The van der Waals surface area contributed by atoms with E-state index in [1.165, 1.54) is 18.2 Å². The molecular weight excluding hydrogens is 462 g/mol. The van der Waals surface area contributed by atoms with Crippen LogP contribution in [0.3, 0.4) is 0 Å². The van der Waals surface area contributed by atoms with Crippen LogP contribution in [0.5, 0.6) is 5.75 Å². The van der Waals surface area contributed by atoms with E-state index in [-0.39, 0.29) is 30.2 Å². The standard InChI is InChI=1S/C26H31N5O3S/c1-18-8-6-7-11-22(18)28-24(32)17-35-26-30-29-23(31(26)20-9-4-3-5-10-20)16-27-25(33)19-12-14-21(34-2)15-13-19/h3-5,9-10,12-15,18,22H,6-8,11,16-17H2,1-2H3,(H,27,33)(H,28,32)/t18-,22+/m1/s1. The minimum Gasteiger partial charge on any atom is -0.497 e. The minimum absolute atomic E-state index is 0.00530. The molecule has 0 aliphatic heterocycles. The molecule has 4 rings (SSSR count). The van der Waals surface area contributed by atoms with Crippen LogP contribution in [0.25, 0.3) is 5.69 Å². The molecule has 0 saturated heterocycles. The highest BCUT2D eigenvalue weighted by molar-refractivity contribution is 7.99. The summed E-state index contributed by atoms with van der Waals surface area (Å²) in [6.07, 6.45) is 4.60. The number of carbonyl (C=O) groups excluding carboxylic acids is 2. The summed E-state index contributed by atoms with van der Waals surface area (Å²) in [4.78, 5) is 25.3. The lowest BCUT2D eigenvalue weighted by Gasteiger charge is -2.29. The summed E-state index contributed by atoms with van der Waals surface area (Å²) in [6, 6.07) is 16.9. The van der Waals surface area contributed by atoms with Gasteiger partial charge in [0, 0.05) is 17.3 Å². The number of nitrogens with one attached hydrogen (secondary N) is 2. The molecule has 8 nitrogen and oxygen atoms in total. The molecule has 3 aromatic rings. The second-order valence-electron chi connectivity index (χ2n) is 8.71. The topological polar surface area (TPSA) is 98.1 Å². The predicted octanol–water partition coefficient (Wildman–Crippen LogP) is 3.99. The second kappa shape index (κ2) is 11.9. The normalized spacial score (nSPS) is 17.5. The number of benzene rings is 2. The molecule has 1 saturated carbocycles. The Labute approximate surface area is 209 Å². The monoisotopic (exact) mass is 493 g/mol. The number of nitrogens with zero attached hydrogens (tertiary/aromatic N) is 3. The molecule has 1 aliphatic carbocycles. The Balaban J connectivity index is 1.44. The first kappa shape index (κ1) is 24.8. The SMILES string of the molecule is COc1ccc(C(=O)NCc2nnc(SCC(=O)N[C@H]3CCCC[C@H]3C)n2-c2ccccc2)cc1. The Morgan fingerprint density at radius 3 is 2.51 bits per heavy atom. The summed E-state index contributed by atoms with van der Waals surface area (Å²) in [7, 11) is 1.58. The van der Waals surface area contributed by atoms with Gasteiger partial charge in [-0.25, -0.2) is 0 Å². The number of hydrogen-bond acceptors (Lipinski definition) is 6. The van der Waals surface area contributed by atoms with Crippen molar-refractivity contribution >= 4 is 23.6 Å². The largest absolute Gasteiger partial charge is 0.497 e. The van der Waals surface area contributed by atoms with Crippen molar-refractivity contribution in [1.82, 2.24) is 25.4 Å². The lowest BCUT2D eigenvalue weighted by molar-refractivity contribution is -0.119. The number of ether oxygens (including phenoxy) is 1. The lowest BCUT2D eigenvalue weighted by atomic mass is 9.86. The molecule has 1 heterocycles. The van der Waals surface area contributed by atoms with E-state index in [0.717, 1.165) is 24.9 Å². The number of thioether (sulfide) groups is 1. The number of methoxy groups -OCH3 is 1. The summed E-state index contributed by atoms with van der Waals surface area (Å²) in [6.45, 7) is 2.40. The van der Waals surface area contributed by atoms with Crippen molar-refractivity contribution in [2.24, 2.45) is 5.92 Å². The van der Waals surface area contributed by atoms with Crippen LogP contribution in [0.1, 0.15) is 48.8 Å². The van der Waals surface area contributed by atoms with Gasteiger partial charge in [-0.1, -0.05) is 49.7 Å². The Bertz CT molecular complexity index is 1130. The molecule has 2 amide bonds. The number of carbonyl (C=O) groups is 2. The van der Waals surface area contributed by atoms with Crippen molar-refractivity contribution < 1.29 is 14.3 Å². The number of amides is 2. The van der Waals surface area contributed by atoms with Crippen molar-refractivity contribution in [3.05, 3.63) is 66.0 Å². The molecule has 2 aromatic carbocycles. The molecule has 1 aliphatic rings.